The highest BCUT2D eigenvalue weighted by atomic mass is 35.5. The minimum atomic E-state index is -0.193. The van der Waals surface area contributed by atoms with E-state index in [1.165, 1.54) is 11.1 Å². The number of piperidine rings is 1. The first-order chi connectivity index (χ1) is 21.4. The molecule has 2 atom stereocenters. The largest absolute Gasteiger partial charge is 0.460 e. The number of carbonyl (C=O) groups excluding carboxylic acids is 1. The molecule has 1 fully saturated rings. The molecule has 3 N–H and O–H groups in total. The van der Waals surface area contributed by atoms with E-state index in [4.69, 9.17) is 16.0 Å². The minimum Gasteiger partial charge on any atom is -0.460 e. The van der Waals surface area contributed by atoms with Gasteiger partial charge in [-0.25, -0.2) is 0 Å². The van der Waals surface area contributed by atoms with Crippen molar-refractivity contribution in [2.45, 2.75) is 64.6 Å². The van der Waals surface area contributed by atoms with Crippen LogP contribution < -0.4 is 16.0 Å². The smallest absolute Gasteiger partial charge is 0.253 e. The average Bonchev–Trinajstić information content (AvgIpc) is 3.53. The Morgan fingerprint density at radius 3 is 2.52 bits per heavy atom. The molecule has 0 spiro atoms. The molecule has 0 saturated carbocycles. The summed E-state index contributed by atoms with van der Waals surface area (Å²) in [5.74, 6) is 1.98. The summed E-state index contributed by atoms with van der Waals surface area (Å²) in [6, 6.07) is 27.8. The molecule has 1 aliphatic rings. The van der Waals surface area contributed by atoms with Gasteiger partial charge in [0.2, 0.25) is 0 Å². The highest BCUT2D eigenvalue weighted by Gasteiger charge is 2.21. The number of nitriles is 1. The van der Waals surface area contributed by atoms with Crippen molar-refractivity contribution in [3.05, 3.63) is 117 Å². The van der Waals surface area contributed by atoms with E-state index in [2.05, 4.69) is 60.1 Å². The molecular formula is C37H41ClN4O2. The molecule has 6 nitrogen and oxygen atoms in total. The lowest BCUT2D eigenvalue weighted by atomic mass is 9.89. The summed E-state index contributed by atoms with van der Waals surface area (Å²) in [7, 11) is 0. The van der Waals surface area contributed by atoms with E-state index >= 15 is 0 Å². The van der Waals surface area contributed by atoms with E-state index in [-0.39, 0.29) is 18.0 Å². The molecule has 0 radical (unpaired) electrons. The van der Waals surface area contributed by atoms with Crippen LogP contribution in [0.2, 0.25) is 5.02 Å². The standard InChI is InChI=1S/C37H41ClN4O2/c1-25-3-10-30(11-4-25)26(2)41-24-33-14-16-36(44-33)31-12-15-35(38)34(22-31)37(43)42-32(13-9-27-17-19-40-20-18-27)21-28-5-7-29(23-39)8-6-28/h3-8,10-12,14-16,22,26-27,32,40-41H,9,13,17-21,24H2,1-2H3,(H,42,43)/t26-,32+/m1/s1. The van der Waals surface area contributed by atoms with E-state index in [0.29, 0.717) is 40.8 Å². The van der Waals surface area contributed by atoms with Crippen molar-refractivity contribution >= 4 is 17.5 Å². The Balaban J connectivity index is 1.26. The van der Waals surface area contributed by atoms with Gasteiger partial charge in [-0.05, 0) is 119 Å². The molecule has 1 aromatic heterocycles. The maximum absolute atomic E-state index is 13.7. The fraction of sp³-hybridized carbons (Fsp3) is 0.351. The molecule has 0 bridgehead atoms. The van der Waals surface area contributed by atoms with Crippen LogP contribution in [0.3, 0.4) is 0 Å². The number of furan rings is 1. The molecule has 1 amide bonds. The van der Waals surface area contributed by atoms with Crippen molar-refractivity contribution in [2.75, 3.05) is 13.1 Å². The molecule has 7 heteroatoms. The lowest BCUT2D eigenvalue weighted by molar-refractivity contribution is 0.0933. The quantitative estimate of drug-likeness (QED) is 0.153. The van der Waals surface area contributed by atoms with E-state index in [1.807, 2.05) is 48.5 Å². The monoisotopic (exact) mass is 608 g/mol. The topological polar surface area (TPSA) is 90.1 Å². The second kappa shape index (κ2) is 15.2. The van der Waals surface area contributed by atoms with Gasteiger partial charge in [0.25, 0.3) is 5.91 Å². The van der Waals surface area contributed by atoms with Crippen LogP contribution in [0.4, 0.5) is 0 Å². The molecular weight excluding hydrogens is 568 g/mol. The summed E-state index contributed by atoms with van der Waals surface area (Å²) >= 11 is 6.57. The Morgan fingerprint density at radius 2 is 1.80 bits per heavy atom. The van der Waals surface area contributed by atoms with E-state index < -0.39 is 0 Å². The van der Waals surface area contributed by atoms with Gasteiger partial charge in [-0.2, -0.15) is 5.26 Å². The lowest BCUT2D eigenvalue weighted by Gasteiger charge is -2.26. The fourth-order valence-corrected chi connectivity index (χ4v) is 6.01. The van der Waals surface area contributed by atoms with E-state index in [0.717, 1.165) is 55.7 Å². The third kappa shape index (κ3) is 8.60. The number of hydrogen-bond donors (Lipinski definition) is 3. The number of benzene rings is 3. The van der Waals surface area contributed by atoms with Gasteiger partial charge in [0, 0.05) is 17.6 Å². The van der Waals surface area contributed by atoms with Crippen LogP contribution in [0.1, 0.15) is 77.0 Å². The summed E-state index contributed by atoms with van der Waals surface area (Å²) in [5.41, 5.74) is 5.42. The first-order valence-corrected chi connectivity index (χ1v) is 15.9. The fourth-order valence-electron chi connectivity index (χ4n) is 5.80. The van der Waals surface area contributed by atoms with Crippen LogP contribution in [0, 0.1) is 24.2 Å². The highest BCUT2D eigenvalue weighted by Crippen LogP contribution is 2.28. The van der Waals surface area contributed by atoms with Gasteiger partial charge in [-0.1, -0.05) is 53.6 Å². The van der Waals surface area contributed by atoms with Crippen molar-refractivity contribution in [1.29, 1.82) is 5.26 Å². The summed E-state index contributed by atoms with van der Waals surface area (Å²) in [5, 5.41) is 19.8. The van der Waals surface area contributed by atoms with Gasteiger partial charge in [-0.15, -0.1) is 0 Å². The normalized spacial score (nSPS) is 15.0. The Bertz CT molecular complexity index is 1570. The van der Waals surface area contributed by atoms with Crippen molar-refractivity contribution < 1.29 is 9.21 Å². The van der Waals surface area contributed by atoms with Gasteiger partial charge in [-0.3, -0.25) is 4.79 Å². The third-order valence-corrected chi connectivity index (χ3v) is 8.93. The summed E-state index contributed by atoms with van der Waals surface area (Å²) in [4.78, 5) is 13.7. The van der Waals surface area contributed by atoms with Crippen molar-refractivity contribution in [1.82, 2.24) is 16.0 Å². The zero-order valence-corrected chi connectivity index (χ0v) is 26.3. The Morgan fingerprint density at radius 1 is 1.05 bits per heavy atom. The number of hydrogen-bond acceptors (Lipinski definition) is 5. The molecule has 1 aliphatic heterocycles. The van der Waals surface area contributed by atoms with Crippen molar-refractivity contribution in [3.8, 4) is 17.4 Å². The summed E-state index contributed by atoms with van der Waals surface area (Å²) in [6.07, 6.45) is 4.95. The van der Waals surface area contributed by atoms with Crippen molar-refractivity contribution in [3.63, 3.8) is 0 Å². The zero-order chi connectivity index (χ0) is 30.9. The van der Waals surface area contributed by atoms with Gasteiger partial charge in [0.15, 0.2) is 0 Å². The van der Waals surface area contributed by atoms with Gasteiger partial charge >= 0.3 is 0 Å². The Labute approximate surface area is 265 Å². The number of carbonyl (C=O) groups is 1. The van der Waals surface area contributed by atoms with Gasteiger partial charge in [0.1, 0.15) is 11.5 Å². The van der Waals surface area contributed by atoms with Gasteiger partial charge < -0.3 is 20.4 Å². The first-order valence-electron chi connectivity index (χ1n) is 15.6. The molecule has 2 heterocycles. The predicted octanol–water partition coefficient (Wildman–Crippen LogP) is 7.75. The Hall–Kier alpha value is -3.89. The zero-order valence-electron chi connectivity index (χ0n) is 25.5. The SMILES string of the molecule is Cc1ccc([C@@H](C)NCc2ccc(-c3ccc(Cl)c(C(=O)N[C@@H](CCC4CCNCC4)Cc4ccc(C#N)cc4)c3)o2)cc1. The average molecular weight is 609 g/mol. The Kier molecular flexibility index (Phi) is 10.9. The molecule has 0 aliphatic carbocycles. The van der Waals surface area contributed by atoms with Gasteiger partial charge in [0.05, 0.1) is 28.8 Å². The molecule has 3 aromatic carbocycles. The molecule has 0 unspecified atom stereocenters. The molecule has 44 heavy (non-hydrogen) atoms. The molecule has 1 saturated heterocycles. The molecule has 228 valence electrons. The van der Waals surface area contributed by atoms with Crippen molar-refractivity contribution in [2.24, 2.45) is 5.92 Å². The van der Waals surface area contributed by atoms with Crippen LogP contribution in [0.5, 0.6) is 0 Å². The third-order valence-electron chi connectivity index (χ3n) is 8.60. The second-order valence-electron chi connectivity index (χ2n) is 11.9. The number of amides is 1. The van der Waals surface area contributed by atoms with E-state index in [9.17, 15) is 10.1 Å². The second-order valence-corrected chi connectivity index (χ2v) is 12.3. The van der Waals surface area contributed by atoms with Crippen LogP contribution in [0.25, 0.3) is 11.3 Å². The molecule has 5 rings (SSSR count). The van der Waals surface area contributed by atoms with E-state index in [1.54, 1.807) is 6.07 Å². The lowest BCUT2D eigenvalue weighted by Crippen LogP contribution is -2.37. The summed E-state index contributed by atoms with van der Waals surface area (Å²) < 4.78 is 6.17. The maximum Gasteiger partial charge on any atom is 0.253 e. The maximum atomic E-state index is 13.7. The summed E-state index contributed by atoms with van der Waals surface area (Å²) in [6.45, 7) is 6.92. The number of halogens is 1. The number of nitrogens with zero attached hydrogens (tertiary/aromatic N) is 1. The van der Waals surface area contributed by atoms with Crippen LogP contribution in [0.15, 0.2) is 83.3 Å². The molecule has 4 aromatic rings. The number of aryl methyl sites for hydroxylation is 1. The predicted molar refractivity (Wildman–Crippen MR) is 177 cm³/mol. The van der Waals surface area contributed by atoms with Crippen LogP contribution in [-0.4, -0.2) is 25.0 Å². The van der Waals surface area contributed by atoms with Crippen LogP contribution in [-0.2, 0) is 13.0 Å². The van der Waals surface area contributed by atoms with Crippen LogP contribution >= 0.6 is 11.6 Å². The first kappa shape index (κ1) is 31.5. The minimum absolute atomic E-state index is 0.0538. The highest BCUT2D eigenvalue weighted by molar-refractivity contribution is 6.34. The number of nitrogens with one attached hydrogen (secondary N) is 3. The number of rotatable bonds is 12.